The number of carbonyl (C=O) groups excluding carboxylic acids is 1. The standard InChI is InChI=1S/C8H7ClFNO.ClH/c9-5-1-2-7(10)6(3-5)8(12)4-11;/h1-3H,4,11H2;1H. The SMILES string of the molecule is Cl.NCC(=O)c1cc(Cl)ccc1F. The highest BCUT2D eigenvalue weighted by molar-refractivity contribution is 6.31. The predicted octanol–water partition coefficient (Wildman–Crippen LogP) is 2.04. The van der Waals surface area contributed by atoms with Crippen molar-refractivity contribution in [2.24, 2.45) is 5.73 Å². The average Bonchev–Trinajstić information content (AvgIpc) is 2.08. The maximum Gasteiger partial charge on any atom is 0.179 e. The zero-order chi connectivity index (χ0) is 9.14. The normalized spacial score (nSPS) is 9.15. The molecule has 1 aromatic rings. The van der Waals surface area contributed by atoms with Gasteiger partial charge in [-0.25, -0.2) is 4.39 Å². The molecule has 0 saturated heterocycles. The van der Waals surface area contributed by atoms with Crippen molar-refractivity contribution < 1.29 is 9.18 Å². The maximum atomic E-state index is 12.9. The zero-order valence-electron chi connectivity index (χ0n) is 6.59. The number of benzene rings is 1. The van der Waals surface area contributed by atoms with Crippen molar-refractivity contribution in [1.29, 1.82) is 0 Å². The molecule has 0 unspecified atom stereocenters. The summed E-state index contributed by atoms with van der Waals surface area (Å²) in [7, 11) is 0. The van der Waals surface area contributed by atoms with Gasteiger partial charge in [0.2, 0.25) is 0 Å². The van der Waals surface area contributed by atoms with E-state index in [0.717, 1.165) is 6.07 Å². The molecule has 2 nitrogen and oxygen atoms in total. The molecule has 2 N–H and O–H groups in total. The summed E-state index contributed by atoms with van der Waals surface area (Å²) in [5, 5.41) is 0.327. The van der Waals surface area contributed by atoms with E-state index in [9.17, 15) is 9.18 Å². The Balaban J connectivity index is 0.00000144. The van der Waals surface area contributed by atoms with Crippen LogP contribution in [-0.2, 0) is 0 Å². The first-order valence-electron chi connectivity index (χ1n) is 3.33. The minimum Gasteiger partial charge on any atom is -0.324 e. The van der Waals surface area contributed by atoms with Gasteiger partial charge in [0.05, 0.1) is 12.1 Å². The lowest BCUT2D eigenvalue weighted by Crippen LogP contribution is -2.14. The summed E-state index contributed by atoms with van der Waals surface area (Å²) in [6.45, 7) is -0.211. The molecule has 0 amide bonds. The molecule has 0 aliphatic rings. The molecule has 1 rings (SSSR count). The lowest BCUT2D eigenvalue weighted by Gasteiger charge is -1.99. The summed E-state index contributed by atoms with van der Waals surface area (Å²) >= 11 is 5.56. The third kappa shape index (κ3) is 2.95. The van der Waals surface area contributed by atoms with Crippen LogP contribution in [0.4, 0.5) is 4.39 Å². The lowest BCUT2D eigenvalue weighted by atomic mass is 10.1. The number of ketones is 1. The topological polar surface area (TPSA) is 43.1 Å². The zero-order valence-corrected chi connectivity index (χ0v) is 8.16. The number of Topliss-reactive ketones (excluding diaryl/α,β-unsaturated/α-hetero) is 1. The third-order valence-corrected chi connectivity index (χ3v) is 1.65. The first kappa shape index (κ1) is 12.4. The molecule has 0 atom stereocenters. The average molecular weight is 224 g/mol. The van der Waals surface area contributed by atoms with E-state index in [4.69, 9.17) is 17.3 Å². The minimum atomic E-state index is -0.588. The van der Waals surface area contributed by atoms with E-state index in [0.29, 0.717) is 5.02 Å². The predicted molar refractivity (Wildman–Crippen MR) is 52.0 cm³/mol. The van der Waals surface area contributed by atoms with Gasteiger partial charge in [-0.3, -0.25) is 4.79 Å². The highest BCUT2D eigenvalue weighted by Gasteiger charge is 2.09. The Labute approximate surface area is 86.3 Å². The van der Waals surface area contributed by atoms with Crippen LogP contribution in [0.15, 0.2) is 18.2 Å². The van der Waals surface area contributed by atoms with Crippen LogP contribution in [0, 0.1) is 5.82 Å². The number of halogens is 3. The minimum absolute atomic E-state index is 0. The Bertz CT molecular complexity index is 317. The van der Waals surface area contributed by atoms with Crippen LogP contribution in [0.2, 0.25) is 5.02 Å². The van der Waals surface area contributed by atoms with Crippen LogP contribution >= 0.6 is 24.0 Å². The molecule has 0 radical (unpaired) electrons. The Morgan fingerprint density at radius 3 is 2.69 bits per heavy atom. The highest BCUT2D eigenvalue weighted by atomic mass is 35.5. The van der Waals surface area contributed by atoms with Crippen molar-refractivity contribution in [2.75, 3.05) is 6.54 Å². The molecule has 72 valence electrons. The molecule has 1 aromatic carbocycles. The lowest BCUT2D eigenvalue weighted by molar-refractivity contribution is 0.0997. The van der Waals surface area contributed by atoms with Crippen LogP contribution in [0.3, 0.4) is 0 Å². The molecule has 0 fully saturated rings. The number of hydrogen-bond donors (Lipinski definition) is 1. The fraction of sp³-hybridized carbons (Fsp3) is 0.125. The Morgan fingerprint density at radius 2 is 2.15 bits per heavy atom. The van der Waals surface area contributed by atoms with E-state index in [-0.39, 0.29) is 24.5 Å². The van der Waals surface area contributed by atoms with Crippen molar-refractivity contribution in [3.05, 3.63) is 34.6 Å². The first-order valence-corrected chi connectivity index (χ1v) is 3.71. The van der Waals surface area contributed by atoms with Crippen LogP contribution in [-0.4, -0.2) is 12.3 Å². The monoisotopic (exact) mass is 223 g/mol. The highest BCUT2D eigenvalue weighted by Crippen LogP contribution is 2.14. The first-order chi connectivity index (χ1) is 5.65. The van der Waals surface area contributed by atoms with Gasteiger partial charge in [0, 0.05) is 5.02 Å². The Hall–Kier alpha value is -0.640. The van der Waals surface area contributed by atoms with Gasteiger partial charge >= 0.3 is 0 Å². The second-order valence-corrected chi connectivity index (χ2v) is 2.69. The molecule has 13 heavy (non-hydrogen) atoms. The molecule has 0 spiro atoms. The van der Waals surface area contributed by atoms with Crippen LogP contribution in [0.1, 0.15) is 10.4 Å². The van der Waals surface area contributed by atoms with Crippen molar-refractivity contribution in [3.8, 4) is 0 Å². The number of rotatable bonds is 2. The van der Waals surface area contributed by atoms with Gasteiger partial charge in [-0.1, -0.05) is 11.6 Å². The molecule has 0 aliphatic heterocycles. The van der Waals surface area contributed by atoms with Gasteiger partial charge in [0.1, 0.15) is 5.82 Å². The van der Waals surface area contributed by atoms with Crippen LogP contribution < -0.4 is 5.73 Å². The number of nitrogens with two attached hydrogens (primary N) is 1. The summed E-state index contributed by atoms with van der Waals surface area (Å²) in [6, 6.07) is 3.79. The van der Waals surface area contributed by atoms with Crippen LogP contribution in [0.25, 0.3) is 0 Å². The van der Waals surface area contributed by atoms with E-state index >= 15 is 0 Å². The summed E-state index contributed by atoms with van der Waals surface area (Å²) < 4.78 is 12.9. The number of carbonyl (C=O) groups is 1. The van der Waals surface area contributed by atoms with Crippen molar-refractivity contribution in [3.63, 3.8) is 0 Å². The molecular formula is C8H8Cl2FNO. The molecule has 0 aliphatic carbocycles. The van der Waals surface area contributed by atoms with Crippen LogP contribution in [0.5, 0.6) is 0 Å². The summed E-state index contributed by atoms with van der Waals surface area (Å²) in [6.07, 6.45) is 0. The van der Waals surface area contributed by atoms with Crippen molar-refractivity contribution >= 4 is 29.8 Å². The van der Waals surface area contributed by atoms with Gasteiger partial charge in [-0.05, 0) is 18.2 Å². The van der Waals surface area contributed by atoms with Gasteiger partial charge in [0.15, 0.2) is 5.78 Å². The smallest absolute Gasteiger partial charge is 0.179 e. The van der Waals surface area contributed by atoms with Gasteiger partial charge < -0.3 is 5.73 Å². The van der Waals surface area contributed by atoms with Gasteiger partial charge in [-0.2, -0.15) is 0 Å². The summed E-state index contributed by atoms with van der Waals surface area (Å²) in [5.74, 6) is -1.04. The van der Waals surface area contributed by atoms with E-state index in [2.05, 4.69) is 0 Å². The van der Waals surface area contributed by atoms with E-state index in [1.165, 1.54) is 12.1 Å². The van der Waals surface area contributed by atoms with E-state index < -0.39 is 11.6 Å². The van der Waals surface area contributed by atoms with Gasteiger partial charge in [0.25, 0.3) is 0 Å². The second-order valence-electron chi connectivity index (χ2n) is 2.25. The second kappa shape index (κ2) is 5.17. The summed E-state index contributed by atoms with van der Waals surface area (Å²) in [4.78, 5) is 11.0. The Morgan fingerprint density at radius 1 is 1.54 bits per heavy atom. The molecule has 0 bridgehead atoms. The fourth-order valence-electron chi connectivity index (χ4n) is 0.821. The van der Waals surface area contributed by atoms with E-state index in [1.807, 2.05) is 0 Å². The fourth-order valence-corrected chi connectivity index (χ4v) is 0.993. The number of hydrogen-bond acceptors (Lipinski definition) is 2. The summed E-state index contributed by atoms with van der Waals surface area (Å²) in [5.41, 5.74) is 5.01. The van der Waals surface area contributed by atoms with Gasteiger partial charge in [-0.15, -0.1) is 12.4 Å². The molecule has 0 aromatic heterocycles. The van der Waals surface area contributed by atoms with Crippen molar-refractivity contribution in [1.82, 2.24) is 0 Å². The quantitative estimate of drug-likeness (QED) is 0.781. The molecule has 0 heterocycles. The van der Waals surface area contributed by atoms with E-state index in [1.54, 1.807) is 0 Å². The Kier molecular flexibility index (Phi) is 4.91. The molecular weight excluding hydrogens is 216 g/mol. The maximum absolute atomic E-state index is 12.9. The molecule has 0 saturated carbocycles. The third-order valence-electron chi connectivity index (χ3n) is 1.41. The molecule has 5 heteroatoms. The van der Waals surface area contributed by atoms with Crippen molar-refractivity contribution in [2.45, 2.75) is 0 Å². The largest absolute Gasteiger partial charge is 0.324 e.